The van der Waals surface area contributed by atoms with Gasteiger partial charge in [0, 0.05) is 42.9 Å². The van der Waals surface area contributed by atoms with Gasteiger partial charge in [-0.1, -0.05) is 0 Å². The molecule has 6 N–H and O–H groups in total. The normalized spacial score (nSPS) is 20.7. The van der Waals surface area contributed by atoms with Gasteiger partial charge >= 0.3 is 0 Å². The van der Waals surface area contributed by atoms with Crippen molar-refractivity contribution >= 4 is 23.0 Å². The van der Waals surface area contributed by atoms with Crippen LogP contribution in [0.4, 0.5) is 10.2 Å². The maximum absolute atomic E-state index is 14.1. The molecular formula is C22H26FN7O. The number of nitrogens with one attached hydrogen (secondary N) is 2. The first-order valence-corrected chi connectivity index (χ1v) is 9.89. The van der Waals surface area contributed by atoms with Gasteiger partial charge in [0.15, 0.2) is 11.6 Å². The SMILES string of the molecule is CCN=C1/C(=C\N)C/C(=N/NC)C(=N)c2ccc(F)cc2C(C)Oc2cc1cnc2N. The van der Waals surface area contributed by atoms with Crippen molar-refractivity contribution in [1.29, 1.82) is 5.41 Å². The maximum atomic E-state index is 14.1. The number of benzene rings is 1. The molecule has 0 radical (unpaired) electrons. The van der Waals surface area contributed by atoms with Crippen molar-refractivity contribution in [2.24, 2.45) is 15.8 Å². The van der Waals surface area contributed by atoms with Crippen LogP contribution < -0.4 is 21.6 Å². The van der Waals surface area contributed by atoms with Gasteiger partial charge in [0.2, 0.25) is 0 Å². The van der Waals surface area contributed by atoms with Gasteiger partial charge in [-0.15, -0.1) is 0 Å². The smallest absolute Gasteiger partial charge is 0.166 e. The number of allylic oxidation sites excluding steroid dienone is 1. The zero-order valence-electron chi connectivity index (χ0n) is 17.7. The van der Waals surface area contributed by atoms with E-state index < -0.39 is 11.9 Å². The molecule has 2 bridgehead atoms. The van der Waals surface area contributed by atoms with E-state index in [0.717, 1.165) is 0 Å². The standard InChI is InChI=1S/C22H26FN7O/c1-4-28-21-13(10-24)7-18(30-27-3)20(25)16-6-5-15(23)9-17(16)12(2)31-19-8-14(21)11-29-22(19)26/h5-6,8-12,25,27H,4,7,24H2,1-3H3,(H2,26,29)/b13-10-,25-20?,28-21?,30-18-. The summed E-state index contributed by atoms with van der Waals surface area (Å²) in [6.07, 6.45) is 2.69. The molecule has 0 aliphatic carbocycles. The number of halogens is 1. The van der Waals surface area contributed by atoms with Crippen molar-refractivity contribution < 1.29 is 9.13 Å². The average molecular weight is 423 g/mol. The first kappa shape index (κ1) is 21.9. The van der Waals surface area contributed by atoms with Crippen LogP contribution in [0.25, 0.3) is 0 Å². The van der Waals surface area contributed by atoms with E-state index in [2.05, 4.69) is 20.5 Å². The molecule has 0 fully saturated rings. The molecule has 0 amide bonds. The molecule has 1 aromatic heterocycles. The Labute approximate surface area is 180 Å². The van der Waals surface area contributed by atoms with E-state index in [9.17, 15) is 4.39 Å². The first-order valence-electron chi connectivity index (χ1n) is 9.89. The third kappa shape index (κ3) is 4.55. The van der Waals surface area contributed by atoms with Crippen LogP contribution in [0.2, 0.25) is 0 Å². The van der Waals surface area contributed by atoms with Gasteiger partial charge in [0.05, 0.1) is 17.1 Å². The van der Waals surface area contributed by atoms with Gasteiger partial charge in [-0.05, 0) is 49.9 Å². The number of hydrazone groups is 1. The van der Waals surface area contributed by atoms with Crippen molar-refractivity contribution in [3.8, 4) is 5.75 Å². The van der Waals surface area contributed by atoms with Crippen molar-refractivity contribution in [1.82, 2.24) is 10.4 Å². The van der Waals surface area contributed by atoms with Gasteiger partial charge in [-0.2, -0.15) is 5.10 Å². The monoisotopic (exact) mass is 423 g/mol. The van der Waals surface area contributed by atoms with E-state index in [1.165, 1.54) is 18.3 Å². The number of ether oxygens (including phenoxy) is 1. The Morgan fingerprint density at radius 3 is 2.84 bits per heavy atom. The van der Waals surface area contributed by atoms with Gasteiger partial charge in [-0.25, -0.2) is 9.37 Å². The topological polar surface area (TPSA) is 135 Å². The van der Waals surface area contributed by atoms with Crippen LogP contribution in [0, 0.1) is 11.2 Å². The van der Waals surface area contributed by atoms with E-state index in [-0.39, 0.29) is 18.0 Å². The minimum absolute atomic E-state index is 0.130. The van der Waals surface area contributed by atoms with Crippen LogP contribution in [0.1, 0.15) is 43.1 Å². The molecule has 3 rings (SSSR count). The largest absolute Gasteiger partial charge is 0.482 e. The summed E-state index contributed by atoms with van der Waals surface area (Å²) in [6, 6.07) is 5.96. The number of aromatic nitrogens is 1. The summed E-state index contributed by atoms with van der Waals surface area (Å²) >= 11 is 0. The Kier molecular flexibility index (Phi) is 6.64. The zero-order valence-corrected chi connectivity index (χ0v) is 17.7. The lowest BCUT2D eigenvalue weighted by atomic mass is 9.91. The molecule has 1 unspecified atom stereocenters. The molecule has 162 valence electrons. The highest BCUT2D eigenvalue weighted by Crippen LogP contribution is 2.31. The number of nitrogen functional groups attached to an aromatic ring is 1. The molecule has 1 aliphatic heterocycles. The van der Waals surface area contributed by atoms with Crippen LogP contribution in [0.5, 0.6) is 5.75 Å². The minimum Gasteiger partial charge on any atom is -0.482 e. The Hall–Kier alpha value is -3.75. The summed E-state index contributed by atoms with van der Waals surface area (Å²) in [5, 5.41) is 13.1. The van der Waals surface area contributed by atoms with Crippen LogP contribution >= 0.6 is 0 Å². The number of nitrogens with two attached hydrogens (primary N) is 2. The number of nitrogens with zero attached hydrogens (tertiary/aromatic N) is 3. The number of aliphatic imine (C=N–C) groups is 1. The Bertz CT molecular complexity index is 1090. The number of hydrogen-bond acceptors (Lipinski definition) is 8. The third-order valence-corrected chi connectivity index (χ3v) is 4.89. The lowest BCUT2D eigenvalue weighted by Gasteiger charge is -2.22. The second-order valence-corrected chi connectivity index (χ2v) is 6.95. The molecule has 1 aromatic carbocycles. The fourth-order valence-electron chi connectivity index (χ4n) is 3.44. The highest BCUT2D eigenvalue weighted by atomic mass is 19.1. The average Bonchev–Trinajstić information content (AvgIpc) is 2.76. The van der Waals surface area contributed by atoms with E-state index in [1.54, 1.807) is 32.3 Å². The van der Waals surface area contributed by atoms with Crippen molar-refractivity contribution in [2.45, 2.75) is 26.4 Å². The Morgan fingerprint density at radius 1 is 1.39 bits per heavy atom. The van der Waals surface area contributed by atoms with Crippen LogP contribution in [-0.4, -0.2) is 35.7 Å². The fourth-order valence-corrected chi connectivity index (χ4v) is 3.44. The molecular weight excluding hydrogens is 397 g/mol. The van der Waals surface area contributed by atoms with Gasteiger partial charge in [-0.3, -0.25) is 10.4 Å². The molecule has 0 spiro atoms. The quantitative estimate of drug-likeness (QED) is 0.551. The summed E-state index contributed by atoms with van der Waals surface area (Å²) in [5.74, 6) is 0.116. The lowest BCUT2D eigenvalue weighted by Crippen LogP contribution is -2.24. The van der Waals surface area contributed by atoms with E-state index in [1.807, 2.05) is 6.92 Å². The van der Waals surface area contributed by atoms with Crippen LogP contribution in [0.15, 0.2) is 52.3 Å². The molecule has 0 saturated carbocycles. The predicted molar refractivity (Wildman–Crippen MR) is 121 cm³/mol. The maximum Gasteiger partial charge on any atom is 0.166 e. The van der Waals surface area contributed by atoms with Crippen LogP contribution in [-0.2, 0) is 0 Å². The van der Waals surface area contributed by atoms with Crippen LogP contribution in [0.3, 0.4) is 0 Å². The molecule has 1 aliphatic rings. The van der Waals surface area contributed by atoms with Gasteiger partial charge < -0.3 is 21.6 Å². The summed E-state index contributed by atoms with van der Waals surface area (Å²) < 4.78 is 20.2. The number of hydrogen-bond donors (Lipinski definition) is 4. The molecule has 8 nitrogen and oxygen atoms in total. The number of rotatable bonds is 2. The molecule has 2 heterocycles. The minimum atomic E-state index is -0.600. The van der Waals surface area contributed by atoms with Crippen molar-refractivity contribution in [2.75, 3.05) is 19.3 Å². The highest BCUT2D eigenvalue weighted by Gasteiger charge is 2.24. The van der Waals surface area contributed by atoms with Gasteiger partial charge in [0.25, 0.3) is 0 Å². The molecule has 0 saturated heterocycles. The Balaban J connectivity index is 2.29. The zero-order chi connectivity index (χ0) is 22.5. The second kappa shape index (κ2) is 9.38. The molecule has 31 heavy (non-hydrogen) atoms. The van der Waals surface area contributed by atoms with Gasteiger partial charge in [0.1, 0.15) is 11.9 Å². The van der Waals surface area contributed by atoms with E-state index in [4.69, 9.17) is 21.6 Å². The fraction of sp³-hybridized carbons (Fsp3) is 0.273. The van der Waals surface area contributed by atoms with Crippen molar-refractivity contribution in [3.63, 3.8) is 0 Å². The predicted octanol–water partition coefficient (Wildman–Crippen LogP) is 2.94. The highest BCUT2D eigenvalue weighted by molar-refractivity contribution is 6.48. The molecule has 9 heteroatoms. The first-order chi connectivity index (χ1) is 14.9. The summed E-state index contributed by atoms with van der Waals surface area (Å²) in [5.41, 5.74) is 18.3. The van der Waals surface area contributed by atoms with E-state index in [0.29, 0.717) is 46.0 Å². The number of anilines is 1. The summed E-state index contributed by atoms with van der Waals surface area (Å²) in [6.45, 7) is 4.20. The molecule has 1 atom stereocenters. The van der Waals surface area contributed by atoms with E-state index >= 15 is 0 Å². The summed E-state index contributed by atoms with van der Waals surface area (Å²) in [7, 11) is 1.65. The number of pyridine rings is 1. The molecule has 2 aromatic rings. The lowest BCUT2D eigenvalue weighted by molar-refractivity contribution is 0.227. The Morgan fingerprint density at radius 2 is 2.16 bits per heavy atom. The van der Waals surface area contributed by atoms with Crippen molar-refractivity contribution in [3.05, 3.63) is 64.7 Å². The second-order valence-electron chi connectivity index (χ2n) is 6.95. The number of fused-ring (bicyclic) bond motifs is 3. The summed E-state index contributed by atoms with van der Waals surface area (Å²) in [4.78, 5) is 8.85. The third-order valence-electron chi connectivity index (χ3n) is 4.89.